The topological polar surface area (TPSA) is 62.5 Å². The van der Waals surface area contributed by atoms with Gasteiger partial charge in [0.05, 0.1) is 6.26 Å². The van der Waals surface area contributed by atoms with Gasteiger partial charge in [0.25, 0.3) is 0 Å². The van der Waals surface area contributed by atoms with E-state index in [-0.39, 0.29) is 24.0 Å². The van der Waals surface area contributed by atoms with Gasteiger partial charge >= 0.3 is 0 Å². The Morgan fingerprint density at radius 1 is 1.03 bits per heavy atom. The molecule has 1 atom stereocenters. The third-order valence-electron chi connectivity index (χ3n) is 5.30. The van der Waals surface area contributed by atoms with Crippen LogP contribution in [0.25, 0.3) is 0 Å². The molecular weight excluding hydrogens is 487 g/mol. The van der Waals surface area contributed by atoms with Crippen LogP contribution >= 0.6 is 24.0 Å². The van der Waals surface area contributed by atoms with Crippen LogP contribution in [0.5, 0.6) is 0 Å². The third kappa shape index (κ3) is 6.58. The van der Waals surface area contributed by atoms with Crippen molar-refractivity contribution in [1.82, 2.24) is 15.6 Å². The number of guanidine groups is 1. The van der Waals surface area contributed by atoms with E-state index in [2.05, 4.69) is 45.9 Å². The number of hydrogen-bond acceptors (Lipinski definition) is 3. The van der Waals surface area contributed by atoms with E-state index >= 15 is 0 Å². The van der Waals surface area contributed by atoms with Crippen LogP contribution in [0.15, 0.2) is 76.5 Å². The molecule has 30 heavy (non-hydrogen) atoms. The van der Waals surface area contributed by atoms with Crippen LogP contribution in [0.2, 0.25) is 0 Å². The molecule has 0 aliphatic heterocycles. The number of aliphatic imine (C=N–C) groups is 1. The second-order valence-corrected chi connectivity index (χ2v) is 7.41. The fourth-order valence-electron chi connectivity index (χ4n) is 3.75. The van der Waals surface area contributed by atoms with Crippen molar-refractivity contribution in [3.8, 4) is 0 Å². The SMILES string of the molecule is I.c1ccc(CCNC(=NCCc2ccco2)NC2CCc3ccccc3C2)nc1. The summed E-state index contributed by atoms with van der Waals surface area (Å²) in [6.07, 6.45) is 8.49. The van der Waals surface area contributed by atoms with Crippen LogP contribution < -0.4 is 10.6 Å². The van der Waals surface area contributed by atoms with Crippen molar-refractivity contribution in [3.05, 3.63) is 89.6 Å². The van der Waals surface area contributed by atoms with E-state index in [0.29, 0.717) is 12.6 Å². The number of furan rings is 1. The maximum atomic E-state index is 5.42. The summed E-state index contributed by atoms with van der Waals surface area (Å²) in [6, 6.07) is 19.1. The van der Waals surface area contributed by atoms with Gasteiger partial charge in [0.1, 0.15) is 5.76 Å². The van der Waals surface area contributed by atoms with Crippen LogP contribution in [0.1, 0.15) is 29.0 Å². The summed E-state index contributed by atoms with van der Waals surface area (Å²) in [5.74, 6) is 1.84. The Labute approximate surface area is 195 Å². The lowest BCUT2D eigenvalue weighted by atomic mass is 9.88. The average molecular weight is 516 g/mol. The van der Waals surface area contributed by atoms with Gasteiger partial charge in [0.2, 0.25) is 0 Å². The molecule has 4 rings (SSSR count). The lowest BCUT2D eigenvalue weighted by molar-refractivity contribution is 0.507. The maximum absolute atomic E-state index is 5.42. The first-order chi connectivity index (χ1) is 14.4. The molecule has 5 nitrogen and oxygen atoms in total. The molecule has 0 fully saturated rings. The van der Waals surface area contributed by atoms with Gasteiger partial charge in [-0.25, -0.2) is 0 Å². The molecule has 0 saturated heterocycles. The van der Waals surface area contributed by atoms with E-state index < -0.39 is 0 Å². The Hall–Kier alpha value is -2.35. The Balaban J connectivity index is 0.00000256. The first-order valence-electron chi connectivity index (χ1n) is 10.4. The maximum Gasteiger partial charge on any atom is 0.191 e. The van der Waals surface area contributed by atoms with Gasteiger partial charge < -0.3 is 15.1 Å². The summed E-state index contributed by atoms with van der Waals surface area (Å²) in [5.41, 5.74) is 4.01. The highest BCUT2D eigenvalue weighted by Crippen LogP contribution is 2.20. The van der Waals surface area contributed by atoms with Gasteiger partial charge in [-0.2, -0.15) is 0 Å². The summed E-state index contributed by atoms with van der Waals surface area (Å²) < 4.78 is 5.42. The van der Waals surface area contributed by atoms with Gasteiger partial charge in [0.15, 0.2) is 5.96 Å². The van der Waals surface area contributed by atoms with E-state index in [1.165, 1.54) is 11.1 Å². The first-order valence-corrected chi connectivity index (χ1v) is 10.4. The molecule has 2 N–H and O–H groups in total. The van der Waals surface area contributed by atoms with Gasteiger partial charge in [0, 0.05) is 43.9 Å². The second kappa shape index (κ2) is 11.7. The van der Waals surface area contributed by atoms with Crippen molar-refractivity contribution < 1.29 is 4.42 Å². The minimum atomic E-state index is 0. The Morgan fingerprint density at radius 3 is 2.70 bits per heavy atom. The van der Waals surface area contributed by atoms with E-state index in [1.54, 1.807) is 6.26 Å². The summed E-state index contributed by atoms with van der Waals surface area (Å²) in [5, 5.41) is 7.14. The van der Waals surface area contributed by atoms with Crippen LogP contribution in [0.4, 0.5) is 0 Å². The molecule has 1 aliphatic carbocycles. The summed E-state index contributed by atoms with van der Waals surface area (Å²) in [7, 11) is 0. The Morgan fingerprint density at radius 2 is 1.90 bits per heavy atom. The molecule has 1 aromatic carbocycles. The minimum absolute atomic E-state index is 0. The predicted octanol–water partition coefficient (Wildman–Crippen LogP) is 4.17. The quantitative estimate of drug-likeness (QED) is 0.281. The highest BCUT2D eigenvalue weighted by molar-refractivity contribution is 14.0. The normalized spacial score (nSPS) is 15.7. The lowest BCUT2D eigenvalue weighted by Gasteiger charge is -2.27. The zero-order valence-electron chi connectivity index (χ0n) is 17.1. The number of fused-ring (bicyclic) bond motifs is 1. The molecule has 0 amide bonds. The Bertz CT molecular complexity index is 912. The van der Waals surface area contributed by atoms with E-state index in [0.717, 1.165) is 56.1 Å². The third-order valence-corrected chi connectivity index (χ3v) is 5.30. The van der Waals surface area contributed by atoms with Crippen LogP contribution in [0.3, 0.4) is 0 Å². The van der Waals surface area contributed by atoms with Crippen LogP contribution in [0, 0.1) is 0 Å². The van der Waals surface area contributed by atoms with Crippen molar-refractivity contribution in [2.75, 3.05) is 13.1 Å². The lowest BCUT2D eigenvalue weighted by Crippen LogP contribution is -2.46. The highest BCUT2D eigenvalue weighted by Gasteiger charge is 2.19. The number of nitrogens with one attached hydrogen (secondary N) is 2. The number of halogens is 1. The van der Waals surface area contributed by atoms with Gasteiger partial charge in [-0.3, -0.25) is 9.98 Å². The van der Waals surface area contributed by atoms with E-state index in [1.807, 2.05) is 30.5 Å². The number of aryl methyl sites for hydroxylation is 1. The summed E-state index contributed by atoms with van der Waals surface area (Å²) in [4.78, 5) is 9.19. The average Bonchev–Trinajstić information content (AvgIpc) is 3.28. The number of pyridine rings is 1. The smallest absolute Gasteiger partial charge is 0.191 e. The predicted molar refractivity (Wildman–Crippen MR) is 131 cm³/mol. The Kier molecular flexibility index (Phi) is 8.74. The largest absolute Gasteiger partial charge is 0.469 e. The number of aromatic nitrogens is 1. The molecular formula is C24H29IN4O. The molecule has 158 valence electrons. The molecule has 1 aliphatic rings. The number of nitrogens with zero attached hydrogens (tertiary/aromatic N) is 2. The molecule has 2 heterocycles. The first kappa shape index (κ1) is 22.3. The van der Waals surface area contributed by atoms with Crippen LogP contribution in [-0.4, -0.2) is 30.1 Å². The summed E-state index contributed by atoms with van der Waals surface area (Å²) in [6.45, 7) is 1.49. The fourth-order valence-corrected chi connectivity index (χ4v) is 3.75. The fraction of sp³-hybridized carbons (Fsp3) is 0.333. The highest BCUT2D eigenvalue weighted by atomic mass is 127. The molecule has 0 radical (unpaired) electrons. The molecule has 2 aromatic heterocycles. The van der Waals surface area contributed by atoms with Crippen LogP contribution in [-0.2, 0) is 25.7 Å². The van der Waals surface area contributed by atoms with Crippen molar-refractivity contribution in [1.29, 1.82) is 0 Å². The molecule has 1 unspecified atom stereocenters. The zero-order valence-corrected chi connectivity index (χ0v) is 19.4. The number of hydrogen-bond donors (Lipinski definition) is 2. The van der Waals surface area contributed by atoms with Gasteiger partial charge in [-0.15, -0.1) is 24.0 Å². The molecule has 0 saturated carbocycles. The zero-order chi connectivity index (χ0) is 19.7. The van der Waals surface area contributed by atoms with Gasteiger partial charge in [-0.1, -0.05) is 30.3 Å². The summed E-state index contributed by atoms with van der Waals surface area (Å²) >= 11 is 0. The monoisotopic (exact) mass is 516 g/mol. The van der Waals surface area contributed by atoms with E-state index in [4.69, 9.17) is 9.41 Å². The number of rotatable bonds is 7. The van der Waals surface area contributed by atoms with Gasteiger partial charge in [-0.05, 0) is 54.7 Å². The molecule has 6 heteroatoms. The second-order valence-electron chi connectivity index (χ2n) is 7.41. The molecule has 0 spiro atoms. The van der Waals surface area contributed by atoms with Crippen molar-refractivity contribution in [2.24, 2.45) is 4.99 Å². The number of benzene rings is 1. The van der Waals surface area contributed by atoms with Crippen molar-refractivity contribution in [2.45, 2.75) is 38.1 Å². The van der Waals surface area contributed by atoms with Crippen molar-refractivity contribution >= 4 is 29.9 Å². The van der Waals surface area contributed by atoms with E-state index in [9.17, 15) is 0 Å². The molecule has 3 aromatic rings. The minimum Gasteiger partial charge on any atom is -0.469 e. The molecule has 0 bridgehead atoms. The van der Waals surface area contributed by atoms with Crippen molar-refractivity contribution in [3.63, 3.8) is 0 Å². The standard InChI is InChI=1S/C24H28N4O.HI/c1-2-7-20-18-22(11-10-19(20)6-1)28-24(27-16-13-23-9-5-17-29-23)26-15-12-21-8-3-4-14-25-21;/h1-9,14,17,22H,10-13,15-16,18H2,(H2,26,27,28);1H.